The van der Waals surface area contributed by atoms with E-state index in [-0.39, 0.29) is 11.9 Å². The van der Waals surface area contributed by atoms with Crippen molar-refractivity contribution in [1.82, 2.24) is 4.90 Å². The number of nitrogens with zero attached hydrogens (tertiary/aromatic N) is 1. The lowest BCUT2D eigenvalue weighted by Gasteiger charge is -2.25. The van der Waals surface area contributed by atoms with Crippen LogP contribution in [0.15, 0.2) is 30.3 Å². The fraction of sp³-hybridized carbons (Fsp3) is 0.350. The molecule has 0 spiro atoms. The average Bonchev–Trinajstić information content (AvgIpc) is 2.53. The van der Waals surface area contributed by atoms with Gasteiger partial charge in [0.15, 0.2) is 0 Å². The normalized spacial score (nSPS) is 12.3. The van der Waals surface area contributed by atoms with Gasteiger partial charge in [-0.15, -0.1) is 0 Å². The van der Waals surface area contributed by atoms with E-state index in [4.69, 9.17) is 23.2 Å². The lowest BCUT2D eigenvalue weighted by Crippen LogP contribution is -2.39. The molecule has 1 atom stereocenters. The van der Waals surface area contributed by atoms with Crippen molar-refractivity contribution in [1.29, 1.82) is 0 Å². The van der Waals surface area contributed by atoms with Crippen LogP contribution < -0.4 is 5.32 Å². The van der Waals surface area contributed by atoms with E-state index in [0.717, 1.165) is 22.4 Å². The second kappa shape index (κ2) is 8.22. The molecule has 0 saturated carbocycles. The number of nitrogens with one attached hydrogen (secondary N) is 1. The molecule has 5 heteroatoms. The third kappa shape index (κ3) is 4.97. The van der Waals surface area contributed by atoms with E-state index in [9.17, 15) is 4.79 Å². The SMILES string of the molecule is Cc1cc(C)c(NC(=O)[C@@H](C)N(C)Cc2ccc(Cl)c(Cl)c2)c(C)c1. The lowest BCUT2D eigenvalue weighted by molar-refractivity contribution is -0.120. The minimum Gasteiger partial charge on any atom is -0.324 e. The van der Waals surface area contributed by atoms with Gasteiger partial charge in [-0.25, -0.2) is 0 Å². The number of carbonyl (C=O) groups is 1. The van der Waals surface area contributed by atoms with Gasteiger partial charge in [0.25, 0.3) is 0 Å². The predicted octanol–water partition coefficient (Wildman–Crippen LogP) is 5.38. The average molecular weight is 379 g/mol. The molecule has 0 saturated heterocycles. The molecule has 1 N–H and O–H groups in total. The summed E-state index contributed by atoms with van der Waals surface area (Å²) < 4.78 is 0. The zero-order valence-electron chi connectivity index (χ0n) is 15.3. The molecule has 25 heavy (non-hydrogen) atoms. The zero-order chi connectivity index (χ0) is 18.7. The highest BCUT2D eigenvalue weighted by Crippen LogP contribution is 2.24. The summed E-state index contributed by atoms with van der Waals surface area (Å²) in [5.74, 6) is -0.0300. The maximum Gasteiger partial charge on any atom is 0.241 e. The number of aryl methyl sites for hydroxylation is 3. The predicted molar refractivity (Wildman–Crippen MR) is 107 cm³/mol. The van der Waals surface area contributed by atoms with E-state index < -0.39 is 0 Å². The first-order valence-corrected chi connectivity index (χ1v) is 8.97. The molecule has 3 nitrogen and oxygen atoms in total. The van der Waals surface area contributed by atoms with Gasteiger partial charge in [-0.3, -0.25) is 9.69 Å². The summed E-state index contributed by atoms with van der Waals surface area (Å²) in [5.41, 5.74) is 5.25. The number of hydrogen-bond acceptors (Lipinski definition) is 2. The molecular formula is C20H24Cl2N2O. The molecule has 0 fully saturated rings. The Labute approximate surface area is 159 Å². The Morgan fingerprint density at radius 2 is 1.68 bits per heavy atom. The van der Waals surface area contributed by atoms with Crippen LogP contribution in [0.25, 0.3) is 0 Å². The summed E-state index contributed by atoms with van der Waals surface area (Å²) in [6, 6.07) is 9.40. The van der Waals surface area contributed by atoms with Gasteiger partial charge in [0.05, 0.1) is 16.1 Å². The van der Waals surface area contributed by atoms with Gasteiger partial charge in [0, 0.05) is 12.2 Å². The number of carbonyl (C=O) groups excluding carboxylic acids is 1. The first-order chi connectivity index (χ1) is 11.7. The molecule has 2 aromatic carbocycles. The fourth-order valence-corrected chi connectivity index (χ4v) is 3.19. The standard InChI is InChI=1S/C20H24Cl2N2O/c1-12-8-13(2)19(14(3)9-12)23-20(25)15(4)24(5)11-16-6-7-17(21)18(22)10-16/h6-10,15H,11H2,1-5H3,(H,23,25)/t15-/m1/s1. The first kappa shape index (κ1) is 19.8. The molecule has 1 amide bonds. The summed E-state index contributed by atoms with van der Waals surface area (Å²) in [4.78, 5) is 14.6. The van der Waals surface area contributed by atoms with E-state index >= 15 is 0 Å². The number of amides is 1. The Bertz CT molecular complexity index is 766. The number of anilines is 1. The van der Waals surface area contributed by atoms with E-state index in [1.807, 2.05) is 44.9 Å². The summed E-state index contributed by atoms with van der Waals surface area (Å²) in [6.45, 7) is 8.59. The second-order valence-electron chi connectivity index (χ2n) is 6.60. The van der Waals surface area contributed by atoms with Crippen LogP contribution in [-0.2, 0) is 11.3 Å². The van der Waals surface area contributed by atoms with E-state index in [1.54, 1.807) is 6.07 Å². The van der Waals surface area contributed by atoms with Crippen molar-refractivity contribution in [3.05, 3.63) is 62.6 Å². The van der Waals surface area contributed by atoms with Crippen molar-refractivity contribution in [3.8, 4) is 0 Å². The van der Waals surface area contributed by atoms with Gasteiger partial charge in [0.1, 0.15) is 0 Å². The van der Waals surface area contributed by atoms with Crippen LogP contribution in [0, 0.1) is 20.8 Å². The van der Waals surface area contributed by atoms with E-state index in [2.05, 4.69) is 24.4 Å². The lowest BCUT2D eigenvalue weighted by atomic mass is 10.0. The van der Waals surface area contributed by atoms with Crippen molar-refractivity contribution in [2.75, 3.05) is 12.4 Å². The van der Waals surface area contributed by atoms with Crippen LogP contribution in [0.2, 0.25) is 10.0 Å². The second-order valence-corrected chi connectivity index (χ2v) is 7.42. The smallest absolute Gasteiger partial charge is 0.241 e. The van der Waals surface area contributed by atoms with Gasteiger partial charge in [0.2, 0.25) is 5.91 Å². The fourth-order valence-electron chi connectivity index (χ4n) is 2.87. The first-order valence-electron chi connectivity index (χ1n) is 8.22. The summed E-state index contributed by atoms with van der Waals surface area (Å²) >= 11 is 12.0. The van der Waals surface area contributed by atoms with Crippen molar-refractivity contribution in [3.63, 3.8) is 0 Å². The van der Waals surface area contributed by atoms with Gasteiger partial charge in [-0.2, -0.15) is 0 Å². The van der Waals surface area contributed by atoms with Gasteiger partial charge in [-0.05, 0) is 63.6 Å². The highest BCUT2D eigenvalue weighted by atomic mass is 35.5. The molecule has 0 unspecified atom stereocenters. The summed E-state index contributed by atoms with van der Waals surface area (Å²) in [7, 11) is 1.92. The van der Waals surface area contributed by atoms with E-state index in [1.165, 1.54) is 5.56 Å². The Kier molecular flexibility index (Phi) is 6.50. The number of hydrogen-bond donors (Lipinski definition) is 1. The highest BCUT2D eigenvalue weighted by molar-refractivity contribution is 6.42. The summed E-state index contributed by atoms with van der Waals surface area (Å²) in [5, 5.41) is 4.12. The van der Waals surface area contributed by atoms with Gasteiger partial charge in [-0.1, -0.05) is 47.0 Å². The Balaban J connectivity index is 2.07. The molecule has 0 aliphatic carbocycles. The van der Waals surface area contributed by atoms with Gasteiger partial charge < -0.3 is 5.32 Å². The molecule has 0 bridgehead atoms. The monoisotopic (exact) mass is 378 g/mol. The Morgan fingerprint density at radius 3 is 2.24 bits per heavy atom. The topological polar surface area (TPSA) is 32.3 Å². The largest absolute Gasteiger partial charge is 0.324 e. The number of likely N-dealkylation sites (N-methyl/N-ethyl adjacent to an activating group) is 1. The van der Waals surface area contributed by atoms with Crippen LogP contribution >= 0.6 is 23.2 Å². The third-order valence-corrected chi connectivity index (χ3v) is 5.12. The van der Waals surface area contributed by atoms with Crippen molar-refractivity contribution in [2.45, 2.75) is 40.3 Å². The van der Waals surface area contributed by atoms with Crippen LogP contribution in [0.3, 0.4) is 0 Å². The molecule has 0 aliphatic rings. The van der Waals surface area contributed by atoms with E-state index in [0.29, 0.717) is 16.6 Å². The number of benzene rings is 2. The van der Waals surface area contributed by atoms with Crippen LogP contribution in [0.5, 0.6) is 0 Å². The maximum atomic E-state index is 12.7. The molecule has 134 valence electrons. The van der Waals surface area contributed by atoms with Crippen molar-refractivity contribution < 1.29 is 4.79 Å². The molecular weight excluding hydrogens is 355 g/mol. The molecule has 0 heterocycles. The highest BCUT2D eigenvalue weighted by Gasteiger charge is 2.20. The van der Waals surface area contributed by atoms with Gasteiger partial charge >= 0.3 is 0 Å². The third-order valence-electron chi connectivity index (χ3n) is 4.38. The number of rotatable bonds is 5. The Hall–Kier alpha value is -1.55. The zero-order valence-corrected chi connectivity index (χ0v) is 16.8. The molecule has 2 aromatic rings. The van der Waals surface area contributed by atoms with Crippen LogP contribution in [0.1, 0.15) is 29.2 Å². The number of halogens is 2. The minimum absolute atomic E-state index is 0.0300. The quantitative estimate of drug-likeness (QED) is 0.757. The molecule has 0 aromatic heterocycles. The molecule has 0 radical (unpaired) electrons. The maximum absolute atomic E-state index is 12.7. The van der Waals surface area contributed by atoms with Crippen LogP contribution in [-0.4, -0.2) is 23.9 Å². The van der Waals surface area contributed by atoms with Crippen molar-refractivity contribution >= 4 is 34.8 Å². The Morgan fingerprint density at radius 1 is 1.08 bits per heavy atom. The summed E-state index contributed by atoms with van der Waals surface area (Å²) in [6.07, 6.45) is 0. The van der Waals surface area contributed by atoms with Crippen LogP contribution in [0.4, 0.5) is 5.69 Å². The molecule has 2 rings (SSSR count). The molecule has 0 aliphatic heterocycles. The van der Waals surface area contributed by atoms with Crippen molar-refractivity contribution in [2.24, 2.45) is 0 Å². The minimum atomic E-state index is -0.283.